The smallest absolute Gasteiger partial charge is 0.329 e. The zero-order chi connectivity index (χ0) is 15.8. The van der Waals surface area contributed by atoms with E-state index in [-0.39, 0.29) is 12.1 Å². The molecule has 0 aliphatic carbocycles. The molecule has 1 unspecified atom stereocenters. The van der Waals surface area contributed by atoms with Gasteiger partial charge in [0.05, 0.1) is 31.5 Å². The van der Waals surface area contributed by atoms with Crippen molar-refractivity contribution < 1.29 is 9.63 Å². The van der Waals surface area contributed by atoms with Gasteiger partial charge in [-0.25, -0.2) is 4.79 Å². The number of rotatable bonds is 5. The molecule has 1 aromatic carbocycles. The number of nitrogens with zero attached hydrogens (tertiary/aromatic N) is 4. The molecule has 1 aromatic heterocycles. The number of aromatic nitrogens is 2. The molecule has 2 amide bonds. The predicted molar refractivity (Wildman–Crippen MR) is 82.9 cm³/mol. The number of amides is 2. The first-order chi connectivity index (χ1) is 11.3. The van der Waals surface area contributed by atoms with Gasteiger partial charge >= 0.3 is 6.03 Å². The summed E-state index contributed by atoms with van der Waals surface area (Å²) in [6, 6.07) is 9.67. The molecule has 2 N–H and O–H groups in total. The Morgan fingerprint density at radius 1 is 1.30 bits per heavy atom. The van der Waals surface area contributed by atoms with Crippen molar-refractivity contribution in [1.29, 1.82) is 0 Å². The van der Waals surface area contributed by atoms with Crippen molar-refractivity contribution in [3.63, 3.8) is 0 Å². The Morgan fingerprint density at radius 2 is 2.13 bits per heavy atom. The molecule has 2 aliphatic heterocycles. The summed E-state index contributed by atoms with van der Waals surface area (Å²) in [5.41, 5.74) is 8.79. The van der Waals surface area contributed by atoms with Gasteiger partial charge in [-0.05, 0) is 5.56 Å². The summed E-state index contributed by atoms with van der Waals surface area (Å²) in [4.78, 5) is 20.1. The quantitative estimate of drug-likeness (QED) is 0.902. The molecule has 3 heterocycles. The average molecular weight is 313 g/mol. The highest BCUT2D eigenvalue weighted by Gasteiger charge is 2.45. The van der Waals surface area contributed by atoms with Crippen molar-refractivity contribution in [2.45, 2.75) is 25.7 Å². The molecule has 120 valence electrons. The van der Waals surface area contributed by atoms with Gasteiger partial charge in [0.1, 0.15) is 12.6 Å². The Bertz CT molecular complexity index is 715. The van der Waals surface area contributed by atoms with E-state index in [0.29, 0.717) is 32.8 Å². The molecule has 7 nitrogen and oxygen atoms in total. The van der Waals surface area contributed by atoms with Crippen LogP contribution in [-0.2, 0) is 24.5 Å². The molecule has 2 bridgehead atoms. The number of hydrogen-bond donors (Lipinski definition) is 1. The summed E-state index contributed by atoms with van der Waals surface area (Å²) in [6.45, 7) is 2.78. The van der Waals surface area contributed by atoms with Crippen LogP contribution >= 0.6 is 0 Å². The van der Waals surface area contributed by atoms with E-state index in [9.17, 15) is 4.79 Å². The van der Waals surface area contributed by atoms with E-state index in [1.807, 2.05) is 41.2 Å². The second kappa shape index (κ2) is 5.68. The lowest BCUT2D eigenvalue weighted by atomic mass is 10.1. The van der Waals surface area contributed by atoms with E-state index in [1.54, 1.807) is 4.90 Å². The average Bonchev–Trinajstić information content (AvgIpc) is 3.09. The Labute approximate surface area is 134 Å². The van der Waals surface area contributed by atoms with E-state index in [1.165, 1.54) is 5.06 Å². The van der Waals surface area contributed by atoms with Crippen LogP contribution in [0.2, 0.25) is 0 Å². The van der Waals surface area contributed by atoms with Crippen LogP contribution in [0.4, 0.5) is 4.79 Å². The summed E-state index contributed by atoms with van der Waals surface area (Å²) in [7, 11) is 0. The number of nitrogens with two attached hydrogens (primary N) is 1. The van der Waals surface area contributed by atoms with Crippen molar-refractivity contribution >= 4 is 6.03 Å². The van der Waals surface area contributed by atoms with E-state index < -0.39 is 0 Å². The Balaban J connectivity index is 1.55. The summed E-state index contributed by atoms with van der Waals surface area (Å²) in [5.74, 6) is 0. The summed E-state index contributed by atoms with van der Waals surface area (Å²) < 4.78 is 1.89. The third-order valence-electron chi connectivity index (χ3n) is 4.37. The normalized spacial score (nSPS) is 19.3. The van der Waals surface area contributed by atoms with Crippen molar-refractivity contribution in [3.05, 3.63) is 53.3 Å². The lowest BCUT2D eigenvalue weighted by Gasteiger charge is -2.23. The zero-order valence-electron chi connectivity index (χ0n) is 12.8. The monoisotopic (exact) mass is 313 g/mol. The number of hydrogen-bond acceptors (Lipinski definition) is 4. The van der Waals surface area contributed by atoms with Crippen LogP contribution in [-0.4, -0.2) is 38.9 Å². The van der Waals surface area contributed by atoms with Gasteiger partial charge in [0.15, 0.2) is 0 Å². The standard InChI is InChI=1S/C16H19N5O2/c17-6-7-20-14-9-19-10-15(13(14)8-18-20)21(16(19)22)23-11-12-4-2-1-3-5-12/h1-5,8,15H,6-7,9-11,17H2. The summed E-state index contributed by atoms with van der Waals surface area (Å²) in [5, 5.41) is 5.89. The van der Waals surface area contributed by atoms with Crippen LogP contribution in [0.1, 0.15) is 22.9 Å². The zero-order valence-corrected chi connectivity index (χ0v) is 12.8. The van der Waals surface area contributed by atoms with Crippen LogP contribution in [0, 0.1) is 0 Å². The van der Waals surface area contributed by atoms with Gasteiger partial charge in [-0.15, -0.1) is 0 Å². The predicted octanol–water partition coefficient (Wildman–Crippen LogP) is 1.27. The molecule has 23 heavy (non-hydrogen) atoms. The highest BCUT2D eigenvalue weighted by molar-refractivity contribution is 5.77. The fourth-order valence-corrected chi connectivity index (χ4v) is 3.23. The van der Waals surface area contributed by atoms with Gasteiger partial charge in [0.2, 0.25) is 0 Å². The molecular formula is C16H19N5O2. The van der Waals surface area contributed by atoms with Crippen LogP contribution in [0.3, 0.4) is 0 Å². The van der Waals surface area contributed by atoms with E-state index in [4.69, 9.17) is 10.6 Å². The van der Waals surface area contributed by atoms with Crippen molar-refractivity contribution in [2.75, 3.05) is 13.1 Å². The van der Waals surface area contributed by atoms with Gasteiger partial charge in [-0.1, -0.05) is 30.3 Å². The molecule has 2 aromatic rings. The van der Waals surface area contributed by atoms with E-state index in [2.05, 4.69) is 5.10 Å². The molecule has 0 spiro atoms. The van der Waals surface area contributed by atoms with Crippen LogP contribution in [0.15, 0.2) is 36.5 Å². The second-order valence-electron chi connectivity index (χ2n) is 5.82. The van der Waals surface area contributed by atoms with Gasteiger partial charge < -0.3 is 10.6 Å². The minimum absolute atomic E-state index is 0.0820. The minimum atomic E-state index is -0.0958. The minimum Gasteiger partial charge on any atom is -0.329 e. The number of benzene rings is 1. The fraction of sp³-hybridized carbons (Fsp3) is 0.375. The maximum atomic E-state index is 12.5. The van der Waals surface area contributed by atoms with Gasteiger partial charge in [0.25, 0.3) is 0 Å². The largest absolute Gasteiger partial charge is 0.345 e. The maximum Gasteiger partial charge on any atom is 0.345 e. The van der Waals surface area contributed by atoms with Gasteiger partial charge in [-0.3, -0.25) is 9.52 Å². The maximum absolute atomic E-state index is 12.5. The summed E-state index contributed by atoms with van der Waals surface area (Å²) in [6.07, 6.45) is 1.84. The molecule has 1 fully saturated rings. The number of carbonyl (C=O) groups is 1. The first kappa shape index (κ1) is 14.2. The molecule has 2 aliphatic rings. The Morgan fingerprint density at radius 3 is 2.91 bits per heavy atom. The van der Waals surface area contributed by atoms with Gasteiger partial charge in [0, 0.05) is 12.1 Å². The first-order valence-corrected chi connectivity index (χ1v) is 7.77. The third kappa shape index (κ3) is 2.38. The number of urea groups is 1. The van der Waals surface area contributed by atoms with Crippen molar-refractivity contribution in [1.82, 2.24) is 19.7 Å². The van der Waals surface area contributed by atoms with E-state index in [0.717, 1.165) is 16.8 Å². The SMILES string of the molecule is NCCn1ncc2c1CN1CC2N(OCc2ccccc2)C1=O. The van der Waals surface area contributed by atoms with Gasteiger partial charge in [-0.2, -0.15) is 10.2 Å². The topological polar surface area (TPSA) is 76.6 Å². The molecule has 1 atom stereocenters. The van der Waals surface area contributed by atoms with Crippen LogP contribution in [0.25, 0.3) is 0 Å². The number of hydroxylamine groups is 2. The van der Waals surface area contributed by atoms with Crippen molar-refractivity contribution in [2.24, 2.45) is 5.73 Å². The second-order valence-corrected chi connectivity index (χ2v) is 5.82. The highest BCUT2D eigenvalue weighted by atomic mass is 16.7. The molecule has 0 radical (unpaired) electrons. The fourth-order valence-electron chi connectivity index (χ4n) is 3.23. The number of carbonyl (C=O) groups excluding carboxylic acids is 1. The Kier molecular flexibility index (Phi) is 3.51. The van der Waals surface area contributed by atoms with Crippen molar-refractivity contribution in [3.8, 4) is 0 Å². The van der Waals surface area contributed by atoms with Crippen LogP contribution in [0.5, 0.6) is 0 Å². The van der Waals surface area contributed by atoms with E-state index >= 15 is 0 Å². The third-order valence-corrected chi connectivity index (χ3v) is 4.37. The molecule has 7 heteroatoms. The van der Waals surface area contributed by atoms with Crippen LogP contribution < -0.4 is 5.73 Å². The number of fused-ring (bicyclic) bond motifs is 4. The molecule has 4 rings (SSSR count). The lowest BCUT2D eigenvalue weighted by molar-refractivity contribution is -0.141. The highest BCUT2D eigenvalue weighted by Crippen LogP contribution is 2.37. The molecule has 0 saturated carbocycles. The first-order valence-electron chi connectivity index (χ1n) is 7.77. The molecule has 1 saturated heterocycles. The lowest BCUT2D eigenvalue weighted by Crippen LogP contribution is -2.31. The Hall–Kier alpha value is -2.38. The summed E-state index contributed by atoms with van der Waals surface area (Å²) >= 11 is 0. The molecular weight excluding hydrogens is 294 g/mol.